The molecular formula is C16H16N4O. The Morgan fingerprint density at radius 1 is 1.14 bits per heavy atom. The number of hydrogen-bond donors (Lipinski definition) is 1. The predicted molar refractivity (Wildman–Crippen MR) is 81.0 cm³/mol. The number of fused-ring (bicyclic) bond motifs is 1. The molecule has 0 bridgehead atoms. The summed E-state index contributed by atoms with van der Waals surface area (Å²) in [6.07, 6.45) is 5.49. The number of pyridine rings is 1. The number of amides is 1. The van der Waals surface area contributed by atoms with Crippen molar-refractivity contribution in [2.24, 2.45) is 0 Å². The van der Waals surface area contributed by atoms with E-state index in [2.05, 4.69) is 27.5 Å². The highest BCUT2D eigenvalue weighted by molar-refractivity contribution is 5.94. The highest BCUT2D eigenvalue weighted by atomic mass is 16.1. The first-order chi connectivity index (χ1) is 10.3. The summed E-state index contributed by atoms with van der Waals surface area (Å²) in [5, 5.41) is 6.94. The molecule has 5 nitrogen and oxygen atoms in total. The lowest BCUT2D eigenvalue weighted by Gasteiger charge is -2.06. The molecule has 0 saturated heterocycles. The van der Waals surface area contributed by atoms with Gasteiger partial charge < -0.3 is 5.32 Å². The first kappa shape index (κ1) is 13.3. The molecule has 3 rings (SSSR count). The van der Waals surface area contributed by atoms with Crippen LogP contribution in [0.4, 0.5) is 5.69 Å². The smallest absolute Gasteiger partial charge is 0.224 e. The minimum absolute atomic E-state index is 0.00188. The van der Waals surface area contributed by atoms with Gasteiger partial charge in [0.15, 0.2) is 5.65 Å². The number of carbonyl (C=O) groups excluding carboxylic acids is 1. The molecule has 2 aromatic heterocycles. The Labute approximate surface area is 122 Å². The molecule has 2 heterocycles. The molecular weight excluding hydrogens is 264 g/mol. The van der Waals surface area contributed by atoms with Gasteiger partial charge in [-0.2, -0.15) is 5.10 Å². The fourth-order valence-corrected chi connectivity index (χ4v) is 2.26. The highest BCUT2D eigenvalue weighted by Crippen LogP contribution is 2.14. The number of aryl methyl sites for hydroxylation is 1. The normalized spacial score (nSPS) is 10.7. The van der Waals surface area contributed by atoms with Crippen molar-refractivity contribution in [2.45, 2.75) is 19.3 Å². The molecule has 0 saturated carbocycles. The van der Waals surface area contributed by atoms with Gasteiger partial charge in [0.25, 0.3) is 0 Å². The quantitative estimate of drug-likeness (QED) is 0.781. The van der Waals surface area contributed by atoms with Crippen LogP contribution in [0.25, 0.3) is 5.65 Å². The van der Waals surface area contributed by atoms with Crippen LogP contribution in [0.2, 0.25) is 0 Å². The van der Waals surface area contributed by atoms with Crippen LogP contribution in [0.3, 0.4) is 0 Å². The van der Waals surface area contributed by atoms with Gasteiger partial charge in [-0.15, -0.1) is 0 Å². The van der Waals surface area contributed by atoms with E-state index < -0.39 is 0 Å². The standard InChI is InChI=1S/C16H16N4O/c21-15(10-4-8-13-6-2-1-3-7-13)19-14-9-5-11-20-16(14)17-12-18-20/h1-3,5-7,9,11-12H,4,8,10H2,(H,19,21). The minimum atomic E-state index is 0.00188. The van der Waals surface area contributed by atoms with Crippen LogP contribution >= 0.6 is 0 Å². The fraction of sp³-hybridized carbons (Fsp3) is 0.188. The van der Waals surface area contributed by atoms with Gasteiger partial charge in [-0.05, 0) is 30.5 Å². The van der Waals surface area contributed by atoms with Gasteiger partial charge in [0.05, 0.1) is 5.69 Å². The van der Waals surface area contributed by atoms with Crippen LogP contribution in [-0.2, 0) is 11.2 Å². The Bertz CT molecular complexity index is 736. The zero-order valence-corrected chi connectivity index (χ0v) is 11.6. The van der Waals surface area contributed by atoms with Gasteiger partial charge in [-0.1, -0.05) is 30.3 Å². The third-order valence-corrected chi connectivity index (χ3v) is 3.29. The van der Waals surface area contributed by atoms with Crippen molar-refractivity contribution in [3.05, 3.63) is 60.6 Å². The van der Waals surface area contributed by atoms with Crippen LogP contribution in [-0.4, -0.2) is 20.5 Å². The van der Waals surface area contributed by atoms with Gasteiger partial charge in [-0.25, -0.2) is 9.50 Å². The summed E-state index contributed by atoms with van der Waals surface area (Å²) in [4.78, 5) is 16.1. The zero-order chi connectivity index (χ0) is 14.5. The number of benzene rings is 1. The van der Waals surface area contributed by atoms with Crippen LogP contribution in [0.5, 0.6) is 0 Å². The van der Waals surface area contributed by atoms with E-state index in [0.717, 1.165) is 12.8 Å². The van der Waals surface area contributed by atoms with Crippen molar-refractivity contribution < 1.29 is 4.79 Å². The number of nitrogens with zero attached hydrogens (tertiary/aromatic N) is 3. The van der Waals surface area contributed by atoms with E-state index in [9.17, 15) is 4.79 Å². The van der Waals surface area contributed by atoms with E-state index in [1.54, 1.807) is 10.7 Å². The number of rotatable bonds is 5. The summed E-state index contributed by atoms with van der Waals surface area (Å²) in [6, 6.07) is 13.8. The molecule has 21 heavy (non-hydrogen) atoms. The maximum Gasteiger partial charge on any atom is 0.224 e. The molecule has 0 aliphatic rings. The van der Waals surface area contributed by atoms with Crippen LogP contribution in [0.1, 0.15) is 18.4 Å². The van der Waals surface area contributed by atoms with Gasteiger partial charge in [0.2, 0.25) is 5.91 Å². The third-order valence-electron chi connectivity index (χ3n) is 3.29. The first-order valence-corrected chi connectivity index (χ1v) is 6.95. The molecule has 0 fully saturated rings. The fourth-order valence-electron chi connectivity index (χ4n) is 2.26. The zero-order valence-electron chi connectivity index (χ0n) is 11.6. The number of anilines is 1. The molecule has 3 aromatic rings. The first-order valence-electron chi connectivity index (χ1n) is 6.95. The summed E-state index contributed by atoms with van der Waals surface area (Å²) in [6.45, 7) is 0. The van der Waals surface area contributed by atoms with Crippen LogP contribution < -0.4 is 5.32 Å². The van der Waals surface area contributed by atoms with E-state index in [4.69, 9.17) is 0 Å². The Morgan fingerprint density at radius 3 is 2.86 bits per heavy atom. The Hall–Kier alpha value is -2.69. The molecule has 1 amide bonds. The molecule has 0 unspecified atom stereocenters. The molecule has 0 spiro atoms. The SMILES string of the molecule is O=C(CCCc1ccccc1)Nc1cccn2ncnc12. The minimum Gasteiger partial charge on any atom is -0.323 e. The summed E-state index contributed by atoms with van der Waals surface area (Å²) >= 11 is 0. The summed E-state index contributed by atoms with van der Waals surface area (Å²) in [5.41, 5.74) is 2.61. The van der Waals surface area contributed by atoms with Gasteiger partial charge >= 0.3 is 0 Å². The van der Waals surface area contributed by atoms with Crippen molar-refractivity contribution in [1.29, 1.82) is 0 Å². The van der Waals surface area contributed by atoms with Crippen LogP contribution in [0, 0.1) is 0 Å². The average molecular weight is 280 g/mol. The molecule has 5 heteroatoms. The topological polar surface area (TPSA) is 59.3 Å². The van der Waals surface area contributed by atoms with E-state index in [-0.39, 0.29) is 5.91 Å². The van der Waals surface area contributed by atoms with Crippen molar-refractivity contribution in [2.75, 3.05) is 5.32 Å². The molecule has 0 aliphatic heterocycles. The average Bonchev–Trinajstić information content (AvgIpc) is 2.98. The van der Waals surface area contributed by atoms with Gasteiger partial charge in [0.1, 0.15) is 6.33 Å². The molecule has 1 aromatic carbocycles. The number of hydrogen-bond acceptors (Lipinski definition) is 3. The lowest BCUT2D eigenvalue weighted by molar-refractivity contribution is -0.116. The second kappa shape index (κ2) is 6.17. The van der Waals surface area contributed by atoms with Gasteiger partial charge in [-0.3, -0.25) is 4.79 Å². The second-order valence-electron chi connectivity index (χ2n) is 4.84. The Balaban J connectivity index is 1.56. The largest absolute Gasteiger partial charge is 0.323 e. The highest BCUT2D eigenvalue weighted by Gasteiger charge is 2.07. The lowest BCUT2D eigenvalue weighted by atomic mass is 10.1. The third kappa shape index (κ3) is 3.25. The molecule has 106 valence electrons. The van der Waals surface area contributed by atoms with E-state index >= 15 is 0 Å². The number of nitrogens with one attached hydrogen (secondary N) is 1. The monoisotopic (exact) mass is 280 g/mol. The van der Waals surface area contributed by atoms with Crippen molar-refractivity contribution in [3.8, 4) is 0 Å². The van der Waals surface area contributed by atoms with E-state index in [0.29, 0.717) is 17.8 Å². The maximum atomic E-state index is 12.0. The maximum absolute atomic E-state index is 12.0. The second-order valence-corrected chi connectivity index (χ2v) is 4.84. The molecule has 0 radical (unpaired) electrons. The Morgan fingerprint density at radius 2 is 2.00 bits per heavy atom. The van der Waals surface area contributed by atoms with Crippen molar-refractivity contribution >= 4 is 17.2 Å². The predicted octanol–water partition coefficient (Wildman–Crippen LogP) is 2.69. The molecule has 0 aliphatic carbocycles. The van der Waals surface area contributed by atoms with Crippen molar-refractivity contribution in [1.82, 2.24) is 14.6 Å². The van der Waals surface area contributed by atoms with Crippen molar-refractivity contribution in [3.63, 3.8) is 0 Å². The molecule has 1 N–H and O–H groups in total. The number of carbonyl (C=O) groups is 1. The lowest BCUT2D eigenvalue weighted by Crippen LogP contribution is -2.12. The summed E-state index contributed by atoms with van der Waals surface area (Å²) in [5.74, 6) is 0.00188. The van der Waals surface area contributed by atoms with Crippen LogP contribution in [0.15, 0.2) is 55.0 Å². The molecule has 0 atom stereocenters. The Kier molecular flexibility index (Phi) is 3.91. The number of aromatic nitrogens is 3. The van der Waals surface area contributed by atoms with Gasteiger partial charge in [0, 0.05) is 12.6 Å². The summed E-state index contributed by atoms with van der Waals surface area (Å²) in [7, 11) is 0. The summed E-state index contributed by atoms with van der Waals surface area (Å²) < 4.78 is 1.64. The van der Waals surface area contributed by atoms with E-state index in [1.165, 1.54) is 11.9 Å². The van der Waals surface area contributed by atoms with E-state index in [1.807, 2.05) is 30.3 Å².